The predicted octanol–water partition coefficient (Wildman–Crippen LogP) is 1.45. The molecule has 1 aromatic rings. The minimum absolute atomic E-state index is 0.0231. The lowest BCUT2D eigenvalue weighted by atomic mass is 10.0. The van der Waals surface area contributed by atoms with E-state index < -0.39 is 4.92 Å². The normalized spacial score (nSPS) is 14.4. The van der Waals surface area contributed by atoms with Gasteiger partial charge in [-0.3, -0.25) is 14.9 Å². The third-order valence-electron chi connectivity index (χ3n) is 2.11. The number of carbonyl (C=O) groups is 1. The molecule has 0 fully saturated rings. The third kappa shape index (κ3) is 1.32. The van der Waals surface area contributed by atoms with Crippen LogP contribution in [0.25, 0.3) is 0 Å². The van der Waals surface area contributed by atoms with Gasteiger partial charge in [-0.15, -0.1) is 0 Å². The van der Waals surface area contributed by atoms with Crippen LogP contribution in [0.3, 0.4) is 0 Å². The molecule has 0 N–H and O–H groups in total. The highest BCUT2D eigenvalue weighted by Crippen LogP contribution is 2.32. The lowest BCUT2D eigenvalue weighted by Gasteiger charge is -2.14. The summed E-state index contributed by atoms with van der Waals surface area (Å²) in [6.07, 6.45) is 0.586. The van der Waals surface area contributed by atoms with Gasteiger partial charge in [0.25, 0.3) is 5.69 Å². The molecule has 0 atom stereocenters. The molecule has 0 saturated heterocycles. The number of benzene rings is 1. The second-order valence-electron chi connectivity index (χ2n) is 2.99. The smallest absolute Gasteiger partial charge is 0.311 e. The average molecular weight is 193 g/mol. The second-order valence-corrected chi connectivity index (χ2v) is 2.99. The van der Waals surface area contributed by atoms with Gasteiger partial charge in [0.05, 0.1) is 16.9 Å². The Morgan fingerprint density at radius 2 is 2.14 bits per heavy atom. The zero-order chi connectivity index (χ0) is 10.1. The molecule has 0 aliphatic carbocycles. The van der Waals surface area contributed by atoms with Gasteiger partial charge >= 0.3 is 5.97 Å². The Morgan fingerprint density at radius 1 is 1.36 bits per heavy atom. The maximum Gasteiger partial charge on any atom is 0.311 e. The molecule has 0 aromatic heterocycles. The summed E-state index contributed by atoms with van der Waals surface area (Å²) in [6, 6.07) is 4.49. The molecule has 0 bridgehead atoms. The molecule has 0 unspecified atom stereocenters. The van der Waals surface area contributed by atoms with Gasteiger partial charge in [0.15, 0.2) is 0 Å². The molecule has 0 radical (unpaired) electrons. The number of nitro groups is 1. The Labute approximate surface area is 79.4 Å². The Hall–Kier alpha value is -1.91. The monoisotopic (exact) mass is 193 g/mol. The van der Waals surface area contributed by atoms with Crippen LogP contribution in [0.5, 0.6) is 5.75 Å². The van der Waals surface area contributed by atoms with Crippen molar-refractivity contribution < 1.29 is 14.5 Å². The Balaban J connectivity index is 2.52. The molecular weight excluding hydrogens is 186 g/mol. The maximum absolute atomic E-state index is 10.9. The van der Waals surface area contributed by atoms with Crippen LogP contribution in [0.2, 0.25) is 0 Å². The van der Waals surface area contributed by atoms with Crippen LogP contribution in [0, 0.1) is 10.1 Å². The van der Waals surface area contributed by atoms with E-state index in [1.54, 1.807) is 6.07 Å². The summed E-state index contributed by atoms with van der Waals surface area (Å²) in [7, 11) is 0. The molecule has 5 nitrogen and oxygen atoms in total. The van der Waals surface area contributed by atoms with Crippen molar-refractivity contribution in [3.8, 4) is 5.75 Å². The first-order valence-electron chi connectivity index (χ1n) is 4.15. The lowest BCUT2D eigenvalue weighted by Crippen LogP contribution is -2.16. The average Bonchev–Trinajstić information content (AvgIpc) is 2.16. The van der Waals surface area contributed by atoms with Gasteiger partial charge in [-0.1, -0.05) is 6.07 Å². The molecule has 14 heavy (non-hydrogen) atoms. The first kappa shape index (κ1) is 8.68. The minimum atomic E-state index is -0.460. The number of carbonyl (C=O) groups excluding carboxylic acids is 1. The van der Waals surface area contributed by atoms with E-state index in [0.717, 1.165) is 0 Å². The van der Waals surface area contributed by atoms with Crippen LogP contribution in [-0.2, 0) is 11.2 Å². The van der Waals surface area contributed by atoms with Crippen LogP contribution < -0.4 is 4.74 Å². The quantitative estimate of drug-likeness (QED) is 0.293. The molecule has 0 amide bonds. The van der Waals surface area contributed by atoms with E-state index in [-0.39, 0.29) is 18.1 Å². The summed E-state index contributed by atoms with van der Waals surface area (Å²) in [4.78, 5) is 21.1. The zero-order valence-corrected chi connectivity index (χ0v) is 7.23. The molecule has 5 heteroatoms. The zero-order valence-electron chi connectivity index (χ0n) is 7.23. The molecular formula is C9H7NO4. The number of rotatable bonds is 1. The number of hydrogen-bond acceptors (Lipinski definition) is 4. The fourth-order valence-corrected chi connectivity index (χ4v) is 1.47. The fraction of sp³-hybridized carbons (Fsp3) is 0.222. The van der Waals surface area contributed by atoms with E-state index in [1.807, 2.05) is 0 Å². The van der Waals surface area contributed by atoms with Gasteiger partial charge < -0.3 is 4.74 Å². The van der Waals surface area contributed by atoms with E-state index in [0.29, 0.717) is 17.7 Å². The van der Waals surface area contributed by atoms with Crippen molar-refractivity contribution in [3.05, 3.63) is 33.9 Å². The number of nitrogens with zero attached hydrogens (tertiary/aromatic N) is 1. The first-order chi connectivity index (χ1) is 6.68. The van der Waals surface area contributed by atoms with Crippen molar-refractivity contribution in [3.63, 3.8) is 0 Å². The summed E-state index contributed by atoms with van der Waals surface area (Å²) in [5.41, 5.74) is 0.534. The number of hydrogen-bond donors (Lipinski definition) is 0. The van der Waals surface area contributed by atoms with Crippen LogP contribution in [0.1, 0.15) is 12.0 Å². The maximum atomic E-state index is 10.9. The highest BCUT2D eigenvalue weighted by Gasteiger charge is 2.24. The molecule has 1 heterocycles. The Kier molecular flexibility index (Phi) is 1.92. The summed E-state index contributed by atoms with van der Waals surface area (Å²) < 4.78 is 4.88. The summed E-state index contributed by atoms with van der Waals surface area (Å²) in [5.74, 6) is -0.0200. The fourth-order valence-electron chi connectivity index (χ4n) is 1.47. The van der Waals surface area contributed by atoms with E-state index in [1.165, 1.54) is 12.1 Å². The van der Waals surface area contributed by atoms with E-state index >= 15 is 0 Å². The molecule has 0 saturated carbocycles. The van der Waals surface area contributed by atoms with Gasteiger partial charge in [-0.25, -0.2) is 0 Å². The van der Waals surface area contributed by atoms with Crippen molar-refractivity contribution in [2.45, 2.75) is 12.8 Å². The van der Waals surface area contributed by atoms with Crippen LogP contribution >= 0.6 is 0 Å². The highest BCUT2D eigenvalue weighted by molar-refractivity contribution is 5.76. The molecule has 2 rings (SSSR count). The topological polar surface area (TPSA) is 69.4 Å². The first-order valence-corrected chi connectivity index (χ1v) is 4.15. The van der Waals surface area contributed by atoms with Crippen molar-refractivity contribution in [1.29, 1.82) is 0 Å². The van der Waals surface area contributed by atoms with Crippen molar-refractivity contribution in [2.75, 3.05) is 0 Å². The molecule has 0 spiro atoms. The second kappa shape index (κ2) is 3.10. The molecule has 1 aromatic carbocycles. The Bertz CT molecular complexity index is 413. The van der Waals surface area contributed by atoms with Gasteiger partial charge in [0.1, 0.15) is 5.75 Å². The van der Waals surface area contributed by atoms with Gasteiger partial charge in [0.2, 0.25) is 0 Å². The molecule has 72 valence electrons. The molecule has 1 aliphatic rings. The summed E-state index contributed by atoms with van der Waals surface area (Å²) >= 11 is 0. The molecule has 1 aliphatic heterocycles. The largest absolute Gasteiger partial charge is 0.426 e. The third-order valence-corrected chi connectivity index (χ3v) is 2.11. The standard InChI is InChI=1S/C9H7NO4/c11-9-5-4-6-7(10(12)13)2-1-3-8(6)14-9/h1-3H,4-5H2. The predicted molar refractivity (Wildman–Crippen MR) is 47.1 cm³/mol. The minimum Gasteiger partial charge on any atom is -0.426 e. The Morgan fingerprint density at radius 3 is 2.86 bits per heavy atom. The SMILES string of the molecule is O=C1CCc2c(cccc2[N+](=O)[O-])O1. The van der Waals surface area contributed by atoms with Crippen LogP contribution in [0.4, 0.5) is 5.69 Å². The lowest BCUT2D eigenvalue weighted by molar-refractivity contribution is -0.385. The van der Waals surface area contributed by atoms with E-state index in [9.17, 15) is 14.9 Å². The number of ether oxygens (including phenoxy) is 1. The number of fused-ring (bicyclic) bond motifs is 1. The number of nitro benzene ring substituents is 1. The van der Waals surface area contributed by atoms with Gasteiger partial charge in [-0.05, 0) is 12.5 Å². The van der Waals surface area contributed by atoms with Crippen LogP contribution in [-0.4, -0.2) is 10.9 Å². The van der Waals surface area contributed by atoms with Crippen molar-refractivity contribution >= 4 is 11.7 Å². The van der Waals surface area contributed by atoms with Gasteiger partial charge in [0, 0.05) is 6.07 Å². The van der Waals surface area contributed by atoms with E-state index in [2.05, 4.69) is 0 Å². The van der Waals surface area contributed by atoms with E-state index in [4.69, 9.17) is 4.74 Å². The summed E-state index contributed by atoms with van der Waals surface area (Å²) in [6.45, 7) is 0. The van der Waals surface area contributed by atoms with Gasteiger partial charge in [-0.2, -0.15) is 0 Å². The highest BCUT2D eigenvalue weighted by atomic mass is 16.6. The van der Waals surface area contributed by atoms with Crippen LogP contribution in [0.15, 0.2) is 18.2 Å². The van der Waals surface area contributed by atoms with Crippen molar-refractivity contribution in [2.24, 2.45) is 0 Å². The summed E-state index contributed by atoms with van der Waals surface area (Å²) in [5, 5.41) is 10.6. The number of esters is 1. The van der Waals surface area contributed by atoms with Crippen molar-refractivity contribution in [1.82, 2.24) is 0 Å².